The lowest BCUT2D eigenvalue weighted by molar-refractivity contribution is -0.127. The Bertz CT molecular complexity index is 191. The van der Waals surface area contributed by atoms with Crippen molar-refractivity contribution in [2.75, 3.05) is 20.3 Å². The van der Waals surface area contributed by atoms with Gasteiger partial charge in [0.15, 0.2) is 0 Å². The van der Waals surface area contributed by atoms with Gasteiger partial charge in [0.25, 0.3) is 0 Å². The Balaban J connectivity index is 2.06. The summed E-state index contributed by atoms with van der Waals surface area (Å²) in [7, 11) is 1.67. The molecular formula is C11H21ClO3. The van der Waals surface area contributed by atoms with Gasteiger partial charge in [-0.15, -0.1) is 11.6 Å². The van der Waals surface area contributed by atoms with E-state index < -0.39 is 0 Å². The fourth-order valence-corrected chi connectivity index (χ4v) is 1.98. The Hall–Kier alpha value is 0.170. The van der Waals surface area contributed by atoms with Crippen LogP contribution in [0.2, 0.25) is 0 Å². The quantitative estimate of drug-likeness (QED) is 0.541. The van der Waals surface area contributed by atoms with E-state index in [1.54, 1.807) is 7.11 Å². The molecule has 0 N–H and O–H groups in total. The average Bonchev–Trinajstić information content (AvgIpc) is 2.09. The zero-order chi connectivity index (χ0) is 11.5. The Kier molecular flexibility index (Phi) is 4.84. The first-order valence-corrected chi connectivity index (χ1v) is 5.80. The zero-order valence-electron chi connectivity index (χ0n) is 9.96. The molecule has 0 saturated heterocycles. The molecule has 1 aliphatic rings. The molecule has 15 heavy (non-hydrogen) atoms. The van der Waals surface area contributed by atoms with E-state index in [2.05, 4.69) is 0 Å². The second-order valence-corrected chi connectivity index (χ2v) is 5.38. The molecular weight excluding hydrogens is 216 g/mol. The van der Waals surface area contributed by atoms with Crippen molar-refractivity contribution in [1.82, 2.24) is 0 Å². The summed E-state index contributed by atoms with van der Waals surface area (Å²) < 4.78 is 16.4. The van der Waals surface area contributed by atoms with E-state index in [9.17, 15) is 0 Å². The molecule has 0 aromatic heterocycles. The lowest BCUT2D eigenvalue weighted by Crippen LogP contribution is -2.50. The van der Waals surface area contributed by atoms with Crippen LogP contribution in [0.4, 0.5) is 0 Å². The van der Waals surface area contributed by atoms with E-state index in [0.29, 0.717) is 13.2 Å². The predicted molar refractivity (Wildman–Crippen MR) is 60.5 cm³/mol. The number of ether oxygens (including phenoxy) is 3. The smallest absolute Gasteiger partial charge is 0.0997 e. The first-order chi connectivity index (χ1) is 6.94. The molecule has 1 fully saturated rings. The summed E-state index contributed by atoms with van der Waals surface area (Å²) in [5, 5.41) is 0.100. The largest absolute Gasteiger partial charge is 0.377 e. The maximum absolute atomic E-state index is 5.96. The Morgan fingerprint density at radius 3 is 2.40 bits per heavy atom. The minimum absolute atomic E-state index is 0.0429. The van der Waals surface area contributed by atoms with Crippen LogP contribution in [0.15, 0.2) is 0 Å². The van der Waals surface area contributed by atoms with Gasteiger partial charge in [-0.05, 0) is 27.2 Å². The molecule has 1 aliphatic carbocycles. The first-order valence-electron chi connectivity index (χ1n) is 5.36. The summed E-state index contributed by atoms with van der Waals surface area (Å²) in [6.45, 7) is 7.31. The molecule has 0 aromatic carbocycles. The van der Waals surface area contributed by atoms with E-state index in [1.807, 2.05) is 20.8 Å². The van der Waals surface area contributed by atoms with Crippen LogP contribution in [-0.2, 0) is 14.2 Å². The average molecular weight is 237 g/mol. The van der Waals surface area contributed by atoms with Crippen molar-refractivity contribution in [3.8, 4) is 0 Å². The molecule has 0 radical (unpaired) electrons. The Labute approximate surface area is 97.0 Å². The monoisotopic (exact) mass is 236 g/mol. The van der Waals surface area contributed by atoms with Gasteiger partial charge in [0.2, 0.25) is 0 Å². The van der Waals surface area contributed by atoms with E-state index in [4.69, 9.17) is 25.8 Å². The van der Waals surface area contributed by atoms with Gasteiger partial charge in [0, 0.05) is 7.11 Å². The SMILES string of the molecule is COC1C(Cl)CC1OCCOC(C)(C)C. The van der Waals surface area contributed by atoms with Gasteiger partial charge in [-0.25, -0.2) is 0 Å². The number of rotatable bonds is 5. The molecule has 0 amide bonds. The molecule has 0 spiro atoms. The predicted octanol–water partition coefficient (Wildman–Crippen LogP) is 2.21. The second-order valence-electron chi connectivity index (χ2n) is 4.82. The van der Waals surface area contributed by atoms with Crippen LogP contribution < -0.4 is 0 Å². The van der Waals surface area contributed by atoms with Crippen molar-refractivity contribution in [2.45, 2.75) is 50.4 Å². The minimum atomic E-state index is -0.0986. The van der Waals surface area contributed by atoms with Crippen LogP contribution in [0.5, 0.6) is 0 Å². The number of alkyl halides is 1. The molecule has 0 aromatic rings. The maximum atomic E-state index is 5.96. The summed E-state index contributed by atoms with van der Waals surface area (Å²) in [5.41, 5.74) is -0.0986. The molecule has 3 unspecified atom stereocenters. The van der Waals surface area contributed by atoms with Crippen LogP contribution in [0.25, 0.3) is 0 Å². The molecule has 0 aliphatic heterocycles. The highest BCUT2D eigenvalue weighted by Crippen LogP contribution is 2.31. The van der Waals surface area contributed by atoms with Crippen molar-refractivity contribution in [3.05, 3.63) is 0 Å². The summed E-state index contributed by atoms with van der Waals surface area (Å²) in [6.07, 6.45) is 1.05. The van der Waals surface area contributed by atoms with Gasteiger partial charge in [-0.1, -0.05) is 0 Å². The highest BCUT2D eigenvalue weighted by molar-refractivity contribution is 6.21. The van der Waals surface area contributed by atoms with Gasteiger partial charge < -0.3 is 14.2 Å². The normalized spacial score (nSPS) is 31.4. The van der Waals surface area contributed by atoms with Gasteiger partial charge in [-0.2, -0.15) is 0 Å². The fourth-order valence-electron chi connectivity index (χ4n) is 1.54. The summed E-state index contributed by atoms with van der Waals surface area (Å²) in [4.78, 5) is 0. The number of hydrogen-bond donors (Lipinski definition) is 0. The lowest BCUT2D eigenvalue weighted by atomic mass is 9.91. The highest BCUT2D eigenvalue weighted by atomic mass is 35.5. The van der Waals surface area contributed by atoms with Crippen molar-refractivity contribution >= 4 is 11.6 Å². The third kappa shape index (κ3) is 4.27. The minimum Gasteiger partial charge on any atom is -0.377 e. The molecule has 4 heteroatoms. The standard InChI is InChI=1S/C11H21ClO3/c1-11(2,3)15-6-5-14-9-7-8(12)10(9)13-4/h8-10H,5-7H2,1-4H3. The first kappa shape index (κ1) is 13.2. The molecule has 3 nitrogen and oxygen atoms in total. The third-order valence-corrected chi connectivity index (χ3v) is 2.83. The maximum Gasteiger partial charge on any atom is 0.0997 e. The number of hydrogen-bond acceptors (Lipinski definition) is 3. The summed E-state index contributed by atoms with van der Waals surface area (Å²) in [5.74, 6) is 0. The van der Waals surface area contributed by atoms with Gasteiger partial charge in [0.05, 0.1) is 36.4 Å². The van der Waals surface area contributed by atoms with Crippen LogP contribution in [0.3, 0.4) is 0 Å². The lowest BCUT2D eigenvalue weighted by Gasteiger charge is -2.39. The summed E-state index contributed by atoms with van der Waals surface area (Å²) >= 11 is 5.96. The molecule has 0 heterocycles. The fraction of sp³-hybridized carbons (Fsp3) is 1.00. The molecule has 90 valence electrons. The van der Waals surface area contributed by atoms with Gasteiger partial charge in [-0.3, -0.25) is 0 Å². The summed E-state index contributed by atoms with van der Waals surface area (Å²) in [6, 6.07) is 0. The van der Waals surface area contributed by atoms with Crippen LogP contribution in [0, 0.1) is 0 Å². The molecule has 3 atom stereocenters. The van der Waals surface area contributed by atoms with Crippen LogP contribution in [0.1, 0.15) is 27.2 Å². The molecule has 0 bridgehead atoms. The van der Waals surface area contributed by atoms with E-state index in [0.717, 1.165) is 6.42 Å². The molecule has 1 rings (SSSR count). The topological polar surface area (TPSA) is 27.7 Å². The highest BCUT2D eigenvalue weighted by Gasteiger charge is 2.40. The number of methoxy groups -OCH3 is 1. The van der Waals surface area contributed by atoms with Crippen LogP contribution >= 0.6 is 11.6 Å². The van der Waals surface area contributed by atoms with Crippen molar-refractivity contribution in [3.63, 3.8) is 0 Å². The molecule has 1 saturated carbocycles. The van der Waals surface area contributed by atoms with Crippen molar-refractivity contribution in [2.24, 2.45) is 0 Å². The zero-order valence-corrected chi connectivity index (χ0v) is 10.7. The van der Waals surface area contributed by atoms with E-state index >= 15 is 0 Å². The number of halogens is 1. The second kappa shape index (κ2) is 5.48. The third-order valence-electron chi connectivity index (χ3n) is 2.40. The van der Waals surface area contributed by atoms with E-state index in [-0.39, 0.29) is 23.2 Å². The van der Waals surface area contributed by atoms with Gasteiger partial charge >= 0.3 is 0 Å². The Morgan fingerprint density at radius 2 is 1.93 bits per heavy atom. The van der Waals surface area contributed by atoms with E-state index in [1.165, 1.54) is 0 Å². The van der Waals surface area contributed by atoms with Crippen molar-refractivity contribution < 1.29 is 14.2 Å². The van der Waals surface area contributed by atoms with Crippen molar-refractivity contribution in [1.29, 1.82) is 0 Å². The van der Waals surface area contributed by atoms with Gasteiger partial charge in [0.1, 0.15) is 0 Å². The van der Waals surface area contributed by atoms with Crippen LogP contribution in [-0.4, -0.2) is 43.5 Å². The Morgan fingerprint density at radius 1 is 1.27 bits per heavy atom.